The van der Waals surface area contributed by atoms with Gasteiger partial charge in [0.25, 0.3) is 5.91 Å². The van der Waals surface area contributed by atoms with Gasteiger partial charge in [0.1, 0.15) is 0 Å². The maximum Gasteiger partial charge on any atom is 0.310 e. The van der Waals surface area contributed by atoms with Gasteiger partial charge >= 0.3 is 5.97 Å². The van der Waals surface area contributed by atoms with Crippen molar-refractivity contribution in [2.75, 3.05) is 13.1 Å². The van der Waals surface area contributed by atoms with E-state index in [2.05, 4.69) is 5.32 Å². The molecule has 1 aliphatic heterocycles. The van der Waals surface area contributed by atoms with E-state index in [-0.39, 0.29) is 24.9 Å². The SMILES string of the molecule is CC(=O)N[C@H]1CN(C(=O)c2cccc3ccccc23)C[C@H]1C(=O)O. The van der Waals surface area contributed by atoms with Crippen molar-refractivity contribution in [1.82, 2.24) is 10.2 Å². The summed E-state index contributed by atoms with van der Waals surface area (Å²) in [4.78, 5) is 37.1. The number of carbonyl (C=O) groups is 3. The number of likely N-dealkylation sites (tertiary alicyclic amines) is 1. The average Bonchev–Trinajstić information content (AvgIpc) is 2.97. The first-order valence-electron chi connectivity index (χ1n) is 7.74. The van der Waals surface area contributed by atoms with E-state index in [4.69, 9.17) is 0 Å². The lowest BCUT2D eigenvalue weighted by atomic mass is 10.0. The van der Waals surface area contributed by atoms with Crippen molar-refractivity contribution in [2.24, 2.45) is 5.92 Å². The number of rotatable bonds is 3. The highest BCUT2D eigenvalue weighted by Gasteiger charge is 2.40. The maximum atomic E-state index is 12.9. The van der Waals surface area contributed by atoms with E-state index in [1.54, 1.807) is 6.07 Å². The van der Waals surface area contributed by atoms with Crippen LogP contribution < -0.4 is 5.32 Å². The molecule has 0 saturated carbocycles. The molecule has 124 valence electrons. The van der Waals surface area contributed by atoms with Gasteiger partial charge in [-0.05, 0) is 16.8 Å². The molecule has 2 amide bonds. The summed E-state index contributed by atoms with van der Waals surface area (Å²) in [6, 6.07) is 12.5. The first-order chi connectivity index (χ1) is 11.5. The van der Waals surface area contributed by atoms with Crippen LogP contribution in [0.25, 0.3) is 10.8 Å². The van der Waals surface area contributed by atoms with Crippen molar-refractivity contribution < 1.29 is 19.5 Å². The van der Waals surface area contributed by atoms with Crippen LogP contribution >= 0.6 is 0 Å². The van der Waals surface area contributed by atoms with Crippen LogP contribution in [0.1, 0.15) is 17.3 Å². The number of carbonyl (C=O) groups excluding carboxylic acids is 2. The molecule has 2 aromatic rings. The van der Waals surface area contributed by atoms with Crippen LogP contribution in [0.2, 0.25) is 0 Å². The Balaban J connectivity index is 1.90. The van der Waals surface area contributed by atoms with Gasteiger partial charge in [0.05, 0.1) is 12.0 Å². The molecule has 6 heteroatoms. The Morgan fingerprint density at radius 1 is 1.08 bits per heavy atom. The molecule has 0 unspecified atom stereocenters. The lowest BCUT2D eigenvalue weighted by molar-refractivity contribution is -0.141. The second-order valence-corrected chi connectivity index (χ2v) is 5.99. The molecule has 2 aromatic carbocycles. The Bertz CT molecular complexity index is 812. The number of hydrogen-bond acceptors (Lipinski definition) is 3. The number of carboxylic acids is 1. The number of benzene rings is 2. The molecule has 0 radical (unpaired) electrons. The average molecular weight is 326 g/mol. The molecule has 1 fully saturated rings. The Morgan fingerprint density at radius 2 is 1.79 bits per heavy atom. The fraction of sp³-hybridized carbons (Fsp3) is 0.278. The largest absolute Gasteiger partial charge is 0.481 e. The molecule has 24 heavy (non-hydrogen) atoms. The summed E-state index contributed by atoms with van der Waals surface area (Å²) in [6.45, 7) is 1.62. The van der Waals surface area contributed by atoms with Crippen LogP contribution in [0, 0.1) is 5.92 Å². The summed E-state index contributed by atoms with van der Waals surface area (Å²) in [7, 11) is 0. The topological polar surface area (TPSA) is 86.7 Å². The predicted molar refractivity (Wildman–Crippen MR) is 88.6 cm³/mol. The van der Waals surface area contributed by atoms with E-state index in [0.29, 0.717) is 5.56 Å². The summed E-state index contributed by atoms with van der Waals surface area (Å²) < 4.78 is 0. The van der Waals surface area contributed by atoms with E-state index < -0.39 is 17.9 Å². The lowest BCUT2D eigenvalue weighted by Gasteiger charge is -2.17. The van der Waals surface area contributed by atoms with Gasteiger partial charge < -0.3 is 15.3 Å². The van der Waals surface area contributed by atoms with Crippen molar-refractivity contribution in [3.63, 3.8) is 0 Å². The van der Waals surface area contributed by atoms with E-state index in [0.717, 1.165) is 10.8 Å². The highest BCUT2D eigenvalue weighted by molar-refractivity contribution is 6.07. The van der Waals surface area contributed by atoms with Crippen LogP contribution in [0.15, 0.2) is 42.5 Å². The second kappa shape index (κ2) is 6.31. The Morgan fingerprint density at radius 3 is 2.50 bits per heavy atom. The number of aliphatic carboxylic acids is 1. The summed E-state index contributed by atoms with van der Waals surface area (Å²) in [6.07, 6.45) is 0. The minimum atomic E-state index is -1.01. The minimum absolute atomic E-state index is 0.0856. The van der Waals surface area contributed by atoms with Gasteiger partial charge in [-0.2, -0.15) is 0 Å². The molecule has 0 aromatic heterocycles. The van der Waals surface area contributed by atoms with Crippen LogP contribution in [0.3, 0.4) is 0 Å². The van der Waals surface area contributed by atoms with E-state index >= 15 is 0 Å². The van der Waals surface area contributed by atoms with Gasteiger partial charge in [-0.1, -0.05) is 36.4 Å². The number of nitrogens with zero attached hydrogens (tertiary/aromatic N) is 1. The number of fused-ring (bicyclic) bond motifs is 1. The molecule has 2 atom stereocenters. The monoisotopic (exact) mass is 326 g/mol. The van der Waals surface area contributed by atoms with E-state index in [1.807, 2.05) is 36.4 Å². The minimum Gasteiger partial charge on any atom is -0.481 e. The lowest BCUT2D eigenvalue weighted by Crippen LogP contribution is -2.42. The third-order valence-electron chi connectivity index (χ3n) is 4.33. The highest BCUT2D eigenvalue weighted by atomic mass is 16.4. The molecule has 0 bridgehead atoms. The van der Waals surface area contributed by atoms with Crippen molar-refractivity contribution in [2.45, 2.75) is 13.0 Å². The van der Waals surface area contributed by atoms with Crippen LogP contribution in [0.5, 0.6) is 0 Å². The number of nitrogens with one attached hydrogen (secondary N) is 1. The van der Waals surface area contributed by atoms with Gasteiger partial charge in [-0.15, -0.1) is 0 Å². The summed E-state index contributed by atoms with van der Waals surface area (Å²) in [5, 5.41) is 13.8. The summed E-state index contributed by atoms with van der Waals surface area (Å²) in [5.74, 6) is -2.33. The zero-order valence-electron chi connectivity index (χ0n) is 13.2. The zero-order valence-corrected chi connectivity index (χ0v) is 13.2. The molecule has 1 aliphatic rings. The second-order valence-electron chi connectivity index (χ2n) is 5.99. The predicted octanol–water partition coefficient (Wildman–Crippen LogP) is 1.50. The normalized spacial score (nSPS) is 20.1. The Kier molecular flexibility index (Phi) is 4.20. The van der Waals surface area contributed by atoms with Crippen molar-refractivity contribution in [3.8, 4) is 0 Å². The molecule has 6 nitrogen and oxygen atoms in total. The summed E-state index contributed by atoms with van der Waals surface area (Å²) >= 11 is 0. The molecular weight excluding hydrogens is 308 g/mol. The van der Waals surface area contributed by atoms with Crippen LogP contribution in [0.4, 0.5) is 0 Å². The molecule has 2 N–H and O–H groups in total. The maximum absolute atomic E-state index is 12.9. The van der Waals surface area contributed by atoms with Gasteiger partial charge in [0.2, 0.25) is 5.91 Å². The van der Waals surface area contributed by atoms with Crippen molar-refractivity contribution in [1.29, 1.82) is 0 Å². The number of hydrogen-bond donors (Lipinski definition) is 2. The first-order valence-corrected chi connectivity index (χ1v) is 7.74. The standard InChI is InChI=1S/C18H18N2O4/c1-11(21)19-16-10-20(9-15(16)18(23)24)17(22)14-8-4-6-12-5-2-3-7-13(12)14/h2-8,15-16H,9-10H2,1H3,(H,19,21)(H,23,24)/t15-,16+/m1/s1. The zero-order chi connectivity index (χ0) is 17.3. The highest BCUT2D eigenvalue weighted by Crippen LogP contribution is 2.24. The number of carboxylic acid groups (broad SMARTS) is 1. The van der Waals surface area contributed by atoms with Crippen LogP contribution in [-0.2, 0) is 9.59 Å². The molecule has 3 rings (SSSR count). The van der Waals surface area contributed by atoms with Crippen molar-refractivity contribution in [3.05, 3.63) is 48.0 Å². The van der Waals surface area contributed by atoms with E-state index in [1.165, 1.54) is 11.8 Å². The van der Waals surface area contributed by atoms with E-state index in [9.17, 15) is 19.5 Å². The fourth-order valence-corrected chi connectivity index (χ4v) is 3.21. The molecular formula is C18H18N2O4. The van der Waals surface area contributed by atoms with Gasteiger partial charge in [-0.3, -0.25) is 14.4 Å². The van der Waals surface area contributed by atoms with Crippen molar-refractivity contribution >= 4 is 28.6 Å². The Labute approximate surface area is 139 Å². The first kappa shape index (κ1) is 16.0. The third kappa shape index (κ3) is 2.95. The molecule has 1 saturated heterocycles. The fourth-order valence-electron chi connectivity index (χ4n) is 3.21. The smallest absolute Gasteiger partial charge is 0.310 e. The quantitative estimate of drug-likeness (QED) is 0.895. The van der Waals surface area contributed by atoms with Gasteiger partial charge in [-0.25, -0.2) is 0 Å². The van der Waals surface area contributed by atoms with Gasteiger partial charge in [0, 0.05) is 25.6 Å². The third-order valence-corrected chi connectivity index (χ3v) is 4.33. The van der Waals surface area contributed by atoms with Crippen LogP contribution in [-0.4, -0.2) is 46.9 Å². The number of amides is 2. The van der Waals surface area contributed by atoms with Gasteiger partial charge in [0.15, 0.2) is 0 Å². The summed E-state index contributed by atoms with van der Waals surface area (Å²) in [5.41, 5.74) is 0.542. The Hall–Kier alpha value is -2.89. The molecule has 0 aliphatic carbocycles. The molecule has 1 heterocycles. The molecule has 0 spiro atoms.